The van der Waals surface area contributed by atoms with Crippen molar-refractivity contribution in [2.45, 2.75) is 6.92 Å². The smallest absolute Gasteiger partial charge is 0.420 e. The molecule has 3 nitrogen and oxygen atoms in total. The topological polar surface area (TPSA) is 31.2 Å². The average molecular weight is 274 g/mol. The third-order valence-corrected chi connectivity index (χ3v) is 3.56. The molecule has 16 heavy (non-hydrogen) atoms. The van der Waals surface area contributed by atoms with Crippen LogP contribution >= 0.6 is 35.2 Å². The molecule has 1 heterocycles. The quantitative estimate of drug-likeness (QED) is 0.734. The molecule has 0 bridgehead atoms. The highest BCUT2D eigenvalue weighted by atomic mass is 35.5. The molecule has 0 N–H and O–H groups in total. The summed E-state index contributed by atoms with van der Waals surface area (Å²) in [6.07, 6.45) is -0.443. The predicted molar refractivity (Wildman–Crippen MR) is 68.1 cm³/mol. The highest BCUT2D eigenvalue weighted by molar-refractivity contribution is 7.73. The first kappa shape index (κ1) is 11.6. The highest BCUT2D eigenvalue weighted by Crippen LogP contribution is 2.26. The second kappa shape index (κ2) is 4.53. The van der Waals surface area contributed by atoms with E-state index in [0.29, 0.717) is 15.6 Å². The minimum Gasteiger partial charge on any atom is -0.449 e. The molecule has 1 aromatic heterocycles. The summed E-state index contributed by atoms with van der Waals surface area (Å²) in [5.74, 6) is 0. The Morgan fingerprint density at radius 3 is 3.06 bits per heavy atom. The second-order valence-corrected chi connectivity index (χ2v) is 5.13. The van der Waals surface area contributed by atoms with Crippen molar-refractivity contribution >= 4 is 51.5 Å². The Bertz CT molecular complexity index is 602. The van der Waals surface area contributed by atoms with Crippen LogP contribution in [0.2, 0.25) is 5.02 Å². The van der Waals surface area contributed by atoms with E-state index in [-0.39, 0.29) is 0 Å². The van der Waals surface area contributed by atoms with Gasteiger partial charge in [0.2, 0.25) is 0 Å². The van der Waals surface area contributed by atoms with Gasteiger partial charge in [0, 0.05) is 5.02 Å². The van der Waals surface area contributed by atoms with Gasteiger partial charge in [-0.2, -0.15) is 0 Å². The van der Waals surface area contributed by atoms with Crippen LogP contribution in [0.1, 0.15) is 6.92 Å². The molecule has 0 spiro atoms. The molecule has 0 unspecified atom stereocenters. The van der Waals surface area contributed by atoms with Crippen LogP contribution in [0.4, 0.5) is 4.79 Å². The minimum atomic E-state index is -0.443. The van der Waals surface area contributed by atoms with Gasteiger partial charge in [0.15, 0.2) is 3.95 Å². The number of nitrogens with zero attached hydrogens (tertiary/aromatic N) is 1. The molecule has 84 valence electrons. The number of ether oxygens (including phenoxy) is 1. The number of aromatic nitrogens is 1. The van der Waals surface area contributed by atoms with E-state index in [4.69, 9.17) is 28.6 Å². The normalized spacial score (nSPS) is 10.6. The van der Waals surface area contributed by atoms with Gasteiger partial charge in [0.25, 0.3) is 0 Å². The average Bonchev–Trinajstić information content (AvgIpc) is 2.53. The Morgan fingerprint density at radius 2 is 2.38 bits per heavy atom. The van der Waals surface area contributed by atoms with E-state index in [1.165, 1.54) is 15.9 Å². The number of rotatable bonds is 1. The Hall–Kier alpha value is -0.910. The molecule has 0 aliphatic heterocycles. The van der Waals surface area contributed by atoms with Crippen molar-refractivity contribution in [2.75, 3.05) is 6.61 Å². The molecule has 2 aromatic rings. The summed E-state index contributed by atoms with van der Waals surface area (Å²) in [6.45, 7) is 2.08. The standard InChI is InChI=1S/C10H8ClNO2S2/c1-2-14-9(13)12-7-4-3-6(11)5-8(7)16-10(12)15/h3-5H,2H2,1H3. The summed E-state index contributed by atoms with van der Waals surface area (Å²) in [4.78, 5) is 11.7. The number of hydrogen-bond donors (Lipinski definition) is 0. The number of carbonyl (C=O) groups excluding carboxylic acids is 1. The lowest BCUT2D eigenvalue weighted by molar-refractivity contribution is 0.155. The number of halogens is 1. The van der Waals surface area contributed by atoms with Gasteiger partial charge < -0.3 is 4.74 Å². The number of thiazole rings is 1. The molecule has 0 saturated heterocycles. The van der Waals surface area contributed by atoms with Crippen LogP contribution in [0, 0.1) is 3.95 Å². The fourth-order valence-corrected chi connectivity index (χ4v) is 2.93. The minimum absolute atomic E-state index is 0.325. The number of carbonyl (C=O) groups is 1. The van der Waals surface area contributed by atoms with E-state index in [1.54, 1.807) is 25.1 Å². The summed E-state index contributed by atoms with van der Waals surface area (Å²) in [6, 6.07) is 5.27. The third-order valence-electron chi connectivity index (χ3n) is 1.99. The summed E-state index contributed by atoms with van der Waals surface area (Å²) in [5.41, 5.74) is 0.734. The number of benzene rings is 1. The molecule has 0 atom stereocenters. The molecule has 0 fully saturated rings. The summed E-state index contributed by atoms with van der Waals surface area (Å²) in [7, 11) is 0. The van der Waals surface area contributed by atoms with E-state index in [0.717, 1.165) is 10.2 Å². The fraction of sp³-hybridized carbons (Fsp3) is 0.200. The van der Waals surface area contributed by atoms with Crippen molar-refractivity contribution in [2.24, 2.45) is 0 Å². The zero-order valence-electron chi connectivity index (χ0n) is 8.40. The Labute approximate surface area is 106 Å². The van der Waals surface area contributed by atoms with Gasteiger partial charge in [-0.15, -0.1) is 11.3 Å². The van der Waals surface area contributed by atoms with Gasteiger partial charge in [-0.25, -0.2) is 9.36 Å². The van der Waals surface area contributed by atoms with E-state index in [2.05, 4.69) is 0 Å². The predicted octanol–water partition coefficient (Wildman–Crippen LogP) is 4.09. The molecule has 6 heteroatoms. The van der Waals surface area contributed by atoms with E-state index < -0.39 is 6.09 Å². The molecular formula is C10H8ClNO2S2. The molecule has 1 aromatic carbocycles. The third kappa shape index (κ3) is 1.98. The molecule has 0 saturated carbocycles. The lowest BCUT2D eigenvalue weighted by Crippen LogP contribution is -2.12. The van der Waals surface area contributed by atoms with Crippen LogP contribution in [-0.2, 0) is 4.74 Å². The van der Waals surface area contributed by atoms with E-state index in [9.17, 15) is 4.79 Å². The van der Waals surface area contributed by atoms with Crippen molar-refractivity contribution < 1.29 is 9.53 Å². The Balaban J connectivity index is 2.65. The van der Waals surface area contributed by atoms with Gasteiger partial charge in [-0.1, -0.05) is 11.6 Å². The molecule has 0 amide bonds. The van der Waals surface area contributed by atoms with Crippen LogP contribution in [-0.4, -0.2) is 17.3 Å². The van der Waals surface area contributed by atoms with Crippen LogP contribution in [0.5, 0.6) is 0 Å². The first-order valence-electron chi connectivity index (χ1n) is 4.61. The second-order valence-electron chi connectivity index (χ2n) is 3.01. The Kier molecular flexibility index (Phi) is 3.28. The van der Waals surface area contributed by atoms with E-state index in [1.807, 2.05) is 0 Å². The Morgan fingerprint density at radius 1 is 1.62 bits per heavy atom. The van der Waals surface area contributed by atoms with Gasteiger partial charge in [-0.3, -0.25) is 0 Å². The first-order chi connectivity index (χ1) is 7.63. The summed E-state index contributed by atoms with van der Waals surface area (Å²) >= 11 is 12.3. The fourth-order valence-electron chi connectivity index (χ4n) is 1.35. The van der Waals surface area contributed by atoms with Crippen molar-refractivity contribution in [3.05, 3.63) is 27.2 Å². The number of fused-ring (bicyclic) bond motifs is 1. The van der Waals surface area contributed by atoms with Gasteiger partial charge >= 0.3 is 6.09 Å². The van der Waals surface area contributed by atoms with Crippen molar-refractivity contribution in [3.63, 3.8) is 0 Å². The molecule has 0 radical (unpaired) electrons. The summed E-state index contributed by atoms with van der Waals surface area (Å²) < 4.78 is 7.67. The monoisotopic (exact) mass is 273 g/mol. The van der Waals surface area contributed by atoms with Gasteiger partial charge in [-0.05, 0) is 37.3 Å². The zero-order chi connectivity index (χ0) is 11.7. The van der Waals surface area contributed by atoms with Crippen LogP contribution < -0.4 is 0 Å². The van der Waals surface area contributed by atoms with Gasteiger partial charge in [0.05, 0.1) is 16.8 Å². The van der Waals surface area contributed by atoms with Crippen LogP contribution in [0.3, 0.4) is 0 Å². The largest absolute Gasteiger partial charge is 0.449 e. The van der Waals surface area contributed by atoms with Crippen LogP contribution in [0.25, 0.3) is 10.2 Å². The lowest BCUT2D eigenvalue weighted by atomic mass is 10.3. The SMILES string of the molecule is CCOC(=O)n1c(=S)sc2cc(Cl)ccc21. The molecule has 0 aliphatic rings. The maximum absolute atomic E-state index is 11.7. The lowest BCUT2D eigenvalue weighted by Gasteiger charge is -2.02. The van der Waals surface area contributed by atoms with Crippen molar-refractivity contribution in [3.8, 4) is 0 Å². The van der Waals surface area contributed by atoms with Gasteiger partial charge in [0.1, 0.15) is 0 Å². The summed E-state index contributed by atoms with van der Waals surface area (Å²) in [5, 5.41) is 0.625. The maximum Gasteiger partial charge on any atom is 0.420 e. The molecule has 2 rings (SSSR count). The van der Waals surface area contributed by atoms with E-state index >= 15 is 0 Å². The van der Waals surface area contributed by atoms with Crippen molar-refractivity contribution in [1.29, 1.82) is 0 Å². The molecule has 0 aliphatic carbocycles. The van der Waals surface area contributed by atoms with Crippen molar-refractivity contribution in [1.82, 2.24) is 4.57 Å². The zero-order valence-corrected chi connectivity index (χ0v) is 10.8. The molecular weight excluding hydrogens is 266 g/mol. The highest BCUT2D eigenvalue weighted by Gasteiger charge is 2.12. The maximum atomic E-state index is 11.7. The number of hydrogen-bond acceptors (Lipinski definition) is 4. The first-order valence-corrected chi connectivity index (χ1v) is 6.22. The van der Waals surface area contributed by atoms with Crippen LogP contribution in [0.15, 0.2) is 18.2 Å².